The molecule has 0 aliphatic heterocycles. The van der Waals surface area contributed by atoms with Crippen molar-refractivity contribution in [3.05, 3.63) is 48.6 Å². The summed E-state index contributed by atoms with van der Waals surface area (Å²) in [5.74, 6) is -3.66. The van der Waals surface area contributed by atoms with Crippen LogP contribution in [-0.4, -0.2) is 69.4 Å². The van der Waals surface area contributed by atoms with Crippen molar-refractivity contribution in [1.82, 2.24) is 0 Å². The zero-order valence-corrected chi connectivity index (χ0v) is 59.1. The Labute approximate surface area is 557 Å². The predicted octanol–water partition coefficient (Wildman–Crippen LogP) is 18.7. The number of hydrogen-bond acceptors (Lipinski definition) is 8. The van der Waals surface area contributed by atoms with E-state index in [0.29, 0.717) is 0 Å². The maximum absolute atomic E-state index is 10.2. The van der Waals surface area contributed by atoms with Gasteiger partial charge < -0.3 is 39.6 Å². The van der Waals surface area contributed by atoms with Crippen molar-refractivity contribution in [2.45, 2.75) is 387 Å². The Morgan fingerprint density at radius 1 is 0.207 bits per heavy atom. The average Bonchev–Trinajstić information content (AvgIpc) is 3.43. The fraction of sp³-hybridized carbons (Fsp3) is 0.833. The summed E-state index contributed by atoms with van der Waals surface area (Å²) >= 11 is 0. The minimum Gasteiger partial charge on any atom is -0.550 e. The van der Waals surface area contributed by atoms with Crippen molar-refractivity contribution < 1.29 is 56.7 Å². The molecule has 10 heteroatoms. The van der Waals surface area contributed by atoms with Crippen LogP contribution < -0.4 is 20.4 Å². The Morgan fingerprint density at radius 2 is 0.317 bits per heavy atom. The van der Waals surface area contributed by atoms with E-state index < -0.39 is 23.9 Å². The molecule has 0 rings (SSSR count). The minimum absolute atomic E-state index is 0. The van der Waals surface area contributed by atoms with Crippen molar-refractivity contribution >= 4 is 69.4 Å². The molecule has 0 bridgehead atoms. The van der Waals surface area contributed by atoms with Crippen LogP contribution in [0.3, 0.4) is 0 Å². The molecule has 0 atom stereocenters. The van der Waals surface area contributed by atoms with Crippen LogP contribution in [0.4, 0.5) is 0 Å². The molecule has 0 spiro atoms. The second kappa shape index (κ2) is 88.6. The molecule has 0 unspecified atom stereocenters. The second-order valence-electron chi connectivity index (χ2n) is 22.8. The first kappa shape index (κ1) is 92.0. The first-order valence-electron chi connectivity index (χ1n) is 34.5. The largest absolute Gasteiger partial charge is 2.00 e. The third-order valence-corrected chi connectivity index (χ3v) is 14.6. The molecule has 0 aliphatic rings. The van der Waals surface area contributed by atoms with Crippen molar-refractivity contribution in [2.75, 3.05) is 0 Å². The second-order valence-corrected chi connectivity index (χ2v) is 22.8. The van der Waals surface area contributed by atoms with Crippen LogP contribution in [0.2, 0.25) is 0 Å². The van der Waals surface area contributed by atoms with E-state index in [2.05, 4.69) is 76.3 Å². The van der Waals surface area contributed by atoms with Gasteiger partial charge in [-0.1, -0.05) is 282 Å². The standard InChI is InChI=1S/4C18H34O2.Fe.Sr/c4*1-2-3-4-5-6-7-8-9-10-11-12-13-14-15-16-17-18(19)20;;/h4*9-10H,2-8,11-17H2,1H3,(H,19,20);;/q;;;;2*+2/p-4/b4*10-9-;;. The smallest absolute Gasteiger partial charge is 0.550 e. The third kappa shape index (κ3) is 107. The van der Waals surface area contributed by atoms with E-state index in [1.807, 2.05) is 0 Å². The van der Waals surface area contributed by atoms with Gasteiger partial charge in [0.1, 0.15) is 0 Å². The molecule has 0 aromatic rings. The number of hydrogen-bond donors (Lipinski definition) is 0. The Balaban J connectivity index is -0.000000233. The zero-order valence-electron chi connectivity index (χ0n) is 54.5. The van der Waals surface area contributed by atoms with E-state index in [4.69, 9.17) is 0 Å². The molecule has 0 aliphatic carbocycles. The zero-order chi connectivity index (χ0) is 59.6. The summed E-state index contributed by atoms with van der Waals surface area (Å²) in [7, 11) is 0. The molecule has 0 aromatic carbocycles. The van der Waals surface area contributed by atoms with Gasteiger partial charge in [-0.3, -0.25) is 0 Å². The van der Waals surface area contributed by atoms with Crippen molar-refractivity contribution in [3.8, 4) is 0 Å². The van der Waals surface area contributed by atoms with Crippen molar-refractivity contribution in [2.24, 2.45) is 0 Å². The quantitative estimate of drug-likeness (QED) is 0.0330. The molecule has 0 saturated heterocycles. The van der Waals surface area contributed by atoms with Gasteiger partial charge in [-0.25, -0.2) is 0 Å². The maximum atomic E-state index is 10.2. The SMILES string of the molecule is CCCCCCCC/C=C\CCCCCCCC(=O)[O-].CCCCCCCC/C=C\CCCCCCCC(=O)[O-].CCCCCCCC/C=C\CCCCCCCC(=O)[O-].CCCCCCCC/C=C\CCCCCCCC(=O)[O-].[Fe+2].[Sr+2]. The fourth-order valence-electron chi connectivity index (χ4n) is 9.36. The van der Waals surface area contributed by atoms with E-state index >= 15 is 0 Å². The Bertz CT molecular complexity index is 1150. The molecule has 8 nitrogen and oxygen atoms in total. The summed E-state index contributed by atoms with van der Waals surface area (Å²) in [4.78, 5) is 40.9. The third-order valence-electron chi connectivity index (χ3n) is 14.6. The van der Waals surface area contributed by atoms with Crippen LogP contribution in [0.5, 0.6) is 0 Å². The van der Waals surface area contributed by atoms with E-state index in [0.717, 1.165) is 77.0 Å². The van der Waals surface area contributed by atoms with Gasteiger partial charge in [0.25, 0.3) is 0 Å². The fourth-order valence-corrected chi connectivity index (χ4v) is 9.36. The topological polar surface area (TPSA) is 161 Å². The molecular weight excluding hydrogens is 1140 g/mol. The molecule has 478 valence electrons. The number of aliphatic carboxylic acids is 4. The molecular formula is C72H132FeO8Sr. The van der Waals surface area contributed by atoms with Crippen molar-refractivity contribution in [3.63, 3.8) is 0 Å². The van der Waals surface area contributed by atoms with Crippen LogP contribution >= 0.6 is 0 Å². The summed E-state index contributed by atoms with van der Waals surface area (Å²) < 4.78 is 0. The number of carboxylic acids is 4. The van der Waals surface area contributed by atoms with Gasteiger partial charge in [-0.05, 0) is 154 Å². The maximum Gasteiger partial charge on any atom is 2.00 e. The molecule has 0 N–H and O–H groups in total. The minimum atomic E-state index is -0.914. The van der Waals surface area contributed by atoms with Crippen molar-refractivity contribution in [1.29, 1.82) is 0 Å². The van der Waals surface area contributed by atoms with Gasteiger partial charge in [0.05, 0.1) is 0 Å². The molecule has 0 fully saturated rings. The summed E-state index contributed by atoms with van der Waals surface area (Å²) in [6, 6.07) is 0. The Morgan fingerprint density at radius 3 is 0.439 bits per heavy atom. The number of carboxylic acid groups (broad SMARTS) is 4. The van der Waals surface area contributed by atoms with E-state index in [-0.39, 0.29) is 88.2 Å². The van der Waals surface area contributed by atoms with Gasteiger partial charge in [-0.15, -0.1) is 0 Å². The molecule has 82 heavy (non-hydrogen) atoms. The van der Waals surface area contributed by atoms with E-state index in [1.54, 1.807) is 0 Å². The van der Waals surface area contributed by atoms with Crippen LogP contribution in [0, 0.1) is 0 Å². The predicted molar refractivity (Wildman–Crippen MR) is 344 cm³/mol. The molecule has 0 aromatic heterocycles. The van der Waals surface area contributed by atoms with Gasteiger partial charge in [0.15, 0.2) is 0 Å². The number of rotatable bonds is 60. The average molecular weight is 1270 g/mol. The van der Waals surface area contributed by atoms with Gasteiger partial charge >= 0.3 is 62.6 Å². The van der Waals surface area contributed by atoms with Crippen LogP contribution in [-0.2, 0) is 36.2 Å². The normalized spacial score (nSPS) is 11.0. The summed E-state index contributed by atoms with van der Waals surface area (Å²) in [6.45, 7) is 9.02. The molecule has 0 saturated carbocycles. The Hall–Kier alpha value is -1.16. The first-order valence-corrected chi connectivity index (χ1v) is 34.5. The Kier molecular flexibility index (Phi) is 99.4. The van der Waals surface area contributed by atoms with Gasteiger partial charge in [-0.2, -0.15) is 0 Å². The van der Waals surface area contributed by atoms with E-state index in [9.17, 15) is 39.6 Å². The monoisotopic (exact) mass is 1270 g/mol. The molecule has 0 radical (unpaired) electrons. The van der Waals surface area contributed by atoms with Gasteiger partial charge in [0, 0.05) is 23.9 Å². The summed E-state index contributed by atoms with van der Waals surface area (Å²) in [5, 5.41) is 40.9. The summed E-state index contributed by atoms with van der Waals surface area (Å²) in [5.41, 5.74) is 0. The number of unbranched alkanes of at least 4 members (excludes halogenated alkanes) is 44. The van der Waals surface area contributed by atoms with E-state index in [1.165, 1.54) is 257 Å². The first-order chi connectivity index (χ1) is 39.1. The number of carbonyl (C=O) groups is 4. The summed E-state index contributed by atoms with van der Waals surface area (Å²) in [6.07, 6.45) is 83.6. The molecule has 0 amide bonds. The van der Waals surface area contributed by atoms with Crippen LogP contribution in [0.15, 0.2) is 48.6 Å². The molecule has 0 heterocycles. The number of allylic oxidation sites excluding steroid dienone is 8. The number of carbonyl (C=O) groups excluding carboxylic acids is 4. The van der Waals surface area contributed by atoms with Crippen LogP contribution in [0.25, 0.3) is 0 Å². The van der Waals surface area contributed by atoms with Crippen LogP contribution in [0.1, 0.15) is 387 Å². The van der Waals surface area contributed by atoms with Gasteiger partial charge in [0.2, 0.25) is 0 Å².